The lowest BCUT2D eigenvalue weighted by Gasteiger charge is -2.34. The highest BCUT2D eigenvalue weighted by Gasteiger charge is 2.22. The molecule has 1 saturated carbocycles. The Labute approximate surface area is 206 Å². The van der Waals surface area contributed by atoms with Crippen LogP contribution < -0.4 is 10.6 Å². The van der Waals surface area contributed by atoms with Crippen molar-refractivity contribution in [2.45, 2.75) is 77.4 Å². The van der Waals surface area contributed by atoms with E-state index >= 15 is 0 Å². The SMILES string of the molecule is C1CCC1.CC(C)N1CCC(n2cc(Nc3ncc4ccn(CCCNC(=O)O)c4n3)cn2)CC1. The second kappa shape index (κ2) is 12.0. The third kappa shape index (κ3) is 6.94. The molecule has 10 heteroatoms. The molecule has 5 rings (SSSR count). The molecule has 1 aliphatic carbocycles. The third-order valence-corrected chi connectivity index (χ3v) is 6.82. The van der Waals surface area contributed by atoms with E-state index in [0.717, 1.165) is 42.7 Å². The zero-order valence-corrected chi connectivity index (χ0v) is 20.9. The fourth-order valence-electron chi connectivity index (χ4n) is 4.30. The van der Waals surface area contributed by atoms with Crippen LogP contribution in [0.25, 0.3) is 11.0 Å². The number of piperidine rings is 1. The van der Waals surface area contributed by atoms with Crippen molar-refractivity contribution in [3.8, 4) is 0 Å². The fraction of sp³-hybridized carbons (Fsp3) is 0.600. The minimum absolute atomic E-state index is 0.403. The number of amides is 1. The summed E-state index contributed by atoms with van der Waals surface area (Å²) in [5, 5.41) is 19.8. The Balaban J connectivity index is 0.000000656. The Morgan fingerprint density at radius 2 is 1.91 bits per heavy atom. The first kappa shape index (κ1) is 25.0. The molecule has 0 unspecified atom stereocenters. The Hall–Kier alpha value is -3.14. The zero-order chi connectivity index (χ0) is 24.6. The van der Waals surface area contributed by atoms with Crippen molar-refractivity contribution in [1.82, 2.24) is 34.5 Å². The molecule has 0 radical (unpaired) electrons. The number of rotatable bonds is 8. The summed E-state index contributed by atoms with van der Waals surface area (Å²) < 4.78 is 4.06. The maximum absolute atomic E-state index is 10.6. The number of nitrogens with one attached hydrogen (secondary N) is 2. The summed E-state index contributed by atoms with van der Waals surface area (Å²) in [5.41, 5.74) is 1.69. The molecule has 2 fully saturated rings. The van der Waals surface area contributed by atoms with Crippen LogP contribution in [0.5, 0.6) is 0 Å². The Morgan fingerprint density at radius 1 is 1.17 bits per heavy atom. The Kier molecular flexibility index (Phi) is 8.57. The molecule has 0 aromatic carbocycles. The van der Waals surface area contributed by atoms with Crippen molar-refractivity contribution >= 4 is 28.8 Å². The first-order valence-corrected chi connectivity index (χ1v) is 12.8. The van der Waals surface area contributed by atoms with E-state index < -0.39 is 6.09 Å². The average Bonchev–Trinajstić information content (AvgIpc) is 3.42. The van der Waals surface area contributed by atoms with Gasteiger partial charge in [-0.25, -0.2) is 9.78 Å². The molecule has 0 atom stereocenters. The molecule has 190 valence electrons. The molecule has 3 aromatic rings. The zero-order valence-electron chi connectivity index (χ0n) is 20.9. The van der Waals surface area contributed by atoms with Crippen molar-refractivity contribution in [2.75, 3.05) is 25.0 Å². The summed E-state index contributed by atoms with van der Waals surface area (Å²) in [4.78, 5) is 22.2. The van der Waals surface area contributed by atoms with Crippen LogP contribution in [0.1, 0.15) is 64.8 Å². The van der Waals surface area contributed by atoms with E-state index in [1.807, 2.05) is 29.2 Å². The van der Waals surface area contributed by atoms with E-state index in [4.69, 9.17) is 5.11 Å². The molecule has 0 spiro atoms. The number of aromatic nitrogens is 5. The molecule has 10 nitrogen and oxygen atoms in total. The van der Waals surface area contributed by atoms with Crippen molar-refractivity contribution in [2.24, 2.45) is 0 Å². The normalized spacial score (nSPS) is 16.5. The van der Waals surface area contributed by atoms with Crippen molar-refractivity contribution in [3.05, 3.63) is 30.9 Å². The highest BCUT2D eigenvalue weighted by molar-refractivity contribution is 5.76. The van der Waals surface area contributed by atoms with Gasteiger partial charge in [0.05, 0.1) is 17.9 Å². The highest BCUT2D eigenvalue weighted by Crippen LogP contribution is 2.25. The number of carboxylic acid groups (broad SMARTS) is 1. The van der Waals surface area contributed by atoms with E-state index in [0.29, 0.717) is 37.5 Å². The molecule has 35 heavy (non-hydrogen) atoms. The first-order chi connectivity index (χ1) is 17.0. The number of hydrogen-bond acceptors (Lipinski definition) is 6. The van der Waals surface area contributed by atoms with E-state index in [1.54, 1.807) is 6.20 Å². The summed E-state index contributed by atoms with van der Waals surface area (Å²) >= 11 is 0. The van der Waals surface area contributed by atoms with Gasteiger partial charge in [0.15, 0.2) is 0 Å². The summed E-state index contributed by atoms with van der Waals surface area (Å²) in [6.45, 7) is 7.77. The number of aryl methyl sites for hydroxylation is 1. The molecule has 4 heterocycles. The van der Waals surface area contributed by atoms with Crippen molar-refractivity contribution < 1.29 is 9.90 Å². The van der Waals surface area contributed by atoms with Gasteiger partial charge in [0.1, 0.15) is 5.65 Å². The van der Waals surface area contributed by atoms with Gasteiger partial charge >= 0.3 is 6.09 Å². The lowest BCUT2D eigenvalue weighted by atomic mass is 10.0. The average molecular weight is 483 g/mol. The molecular weight excluding hydrogens is 444 g/mol. The number of fused-ring (bicyclic) bond motifs is 1. The van der Waals surface area contributed by atoms with Gasteiger partial charge in [-0.05, 0) is 39.2 Å². The van der Waals surface area contributed by atoms with Crippen molar-refractivity contribution in [1.29, 1.82) is 0 Å². The first-order valence-electron chi connectivity index (χ1n) is 12.8. The van der Waals surface area contributed by atoms with Gasteiger partial charge in [-0.1, -0.05) is 25.7 Å². The standard InChI is InChI=1S/C21H30N8O2.C4H8/c1-15(2)27-10-5-18(6-11-27)29-14-17(13-24-29)25-20-23-12-16-4-9-28(19(16)26-20)8-3-7-22-21(30)31;1-2-4-3-1/h4,9,12-15,18,22H,3,5-8,10-11H2,1-2H3,(H,30,31)(H,23,25,26);1-4H2. The minimum atomic E-state index is -1.00. The monoisotopic (exact) mass is 482 g/mol. The van der Waals surface area contributed by atoms with Crippen LogP contribution >= 0.6 is 0 Å². The van der Waals surface area contributed by atoms with E-state index in [1.165, 1.54) is 25.7 Å². The highest BCUT2D eigenvalue weighted by atomic mass is 16.4. The maximum Gasteiger partial charge on any atom is 0.404 e. The number of nitrogens with zero attached hydrogens (tertiary/aromatic N) is 6. The number of hydrogen-bond donors (Lipinski definition) is 3. The van der Waals surface area contributed by atoms with Crippen LogP contribution in [-0.2, 0) is 6.54 Å². The summed E-state index contributed by atoms with van der Waals surface area (Å²) in [5.74, 6) is 0.519. The van der Waals surface area contributed by atoms with Crippen LogP contribution in [-0.4, -0.2) is 66.1 Å². The lowest BCUT2D eigenvalue weighted by molar-refractivity contribution is 0.147. The summed E-state index contributed by atoms with van der Waals surface area (Å²) in [6, 6.07) is 2.98. The van der Waals surface area contributed by atoms with Crippen LogP contribution in [0.15, 0.2) is 30.9 Å². The Bertz CT molecular complexity index is 1080. The van der Waals surface area contributed by atoms with Crippen LogP contribution in [0, 0.1) is 0 Å². The second-order valence-electron chi connectivity index (χ2n) is 9.68. The van der Waals surface area contributed by atoms with Crippen molar-refractivity contribution in [3.63, 3.8) is 0 Å². The molecular formula is C25H38N8O2. The van der Waals surface area contributed by atoms with Gasteiger partial charge in [-0.15, -0.1) is 0 Å². The van der Waals surface area contributed by atoms with Crippen LogP contribution in [0.4, 0.5) is 16.4 Å². The van der Waals surface area contributed by atoms with E-state index in [-0.39, 0.29) is 0 Å². The number of anilines is 2. The van der Waals surface area contributed by atoms with Gasteiger partial charge in [-0.3, -0.25) is 4.68 Å². The molecule has 3 N–H and O–H groups in total. The molecule has 2 aliphatic rings. The number of carbonyl (C=O) groups is 1. The lowest BCUT2D eigenvalue weighted by Crippen LogP contribution is -2.39. The summed E-state index contributed by atoms with van der Waals surface area (Å²) in [6.07, 6.45) is 15.5. The quantitative estimate of drug-likeness (QED) is 0.401. The predicted molar refractivity (Wildman–Crippen MR) is 137 cm³/mol. The van der Waals surface area contributed by atoms with Gasteiger partial charge in [0.2, 0.25) is 5.95 Å². The molecule has 0 bridgehead atoms. The molecule has 1 amide bonds. The third-order valence-electron chi connectivity index (χ3n) is 6.82. The largest absolute Gasteiger partial charge is 0.465 e. The smallest absolute Gasteiger partial charge is 0.404 e. The van der Waals surface area contributed by atoms with E-state index in [2.05, 4.69) is 49.1 Å². The van der Waals surface area contributed by atoms with Gasteiger partial charge < -0.3 is 25.2 Å². The van der Waals surface area contributed by atoms with Crippen LogP contribution in [0.2, 0.25) is 0 Å². The Morgan fingerprint density at radius 3 is 2.57 bits per heavy atom. The maximum atomic E-state index is 10.6. The number of likely N-dealkylation sites (tertiary alicyclic amines) is 1. The molecule has 1 saturated heterocycles. The minimum Gasteiger partial charge on any atom is -0.465 e. The second-order valence-corrected chi connectivity index (χ2v) is 9.68. The van der Waals surface area contributed by atoms with E-state index in [9.17, 15) is 4.79 Å². The van der Waals surface area contributed by atoms with Gasteiger partial charge in [-0.2, -0.15) is 10.1 Å². The fourth-order valence-corrected chi connectivity index (χ4v) is 4.30. The predicted octanol–water partition coefficient (Wildman–Crippen LogP) is 4.63. The van der Waals surface area contributed by atoms with Gasteiger partial charge in [0.25, 0.3) is 0 Å². The summed E-state index contributed by atoms with van der Waals surface area (Å²) in [7, 11) is 0. The molecule has 3 aromatic heterocycles. The molecule has 1 aliphatic heterocycles. The topological polar surface area (TPSA) is 113 Å². The van der Waals surface area contributed by atoms with Crippen LogP contribution in [0.3, 0.4) is 0 Å². The van der Waals surface area contributed by atoms with Gasteiger partial charge in [0, 0.05) is 56.2 Å².